The van der Waals surface area contributed by atoms with Crippen molar-refractivity contribution in [1.29, 1.82) is 0 Å². The lowest BCUT2D eigenvalue weighted by molar-refractivity contribution is -0.118. The van der Waals surface area contributed by atoms with Crippen LogP contribution in [0, 0.1) is 0 Å². The maximum atomic E-state index is 11.1. The number of aromatic carboxylic acids is 1. The van der Waals surface area contributed by atoms with Gasteiger partial charge in [0.1, 0.15) is 0 Å². The molecule has 7 heteroatoms. The minimum atomic E-state index is -1.02. The first-order valence-electron chi connectivity index (χ1n) is 4.57. The molecule has 1 amide bonds. The van der Waals surface area contributed by atoms with Gasteiger partial charge in [0.2, 0.25) is 5.91 Å². The number of nitrogens with one attached hydrogen (secondary N) is 1. The van der Waals surface area contributed by atoms with Crippen molar-refractivity contribution in [2.75, 3.05) is 18.6 Å². The summed E-state index contributed by atoms with van der Waals surface area (Å²) in [7, 11) is 0. The number of thiazole rings is 1. The number of nitrogens with zero attached hydrogens (tertiary/aromatic N) is 1. The molecule has 0 radical (unpaired) electrons. The van der Waals surface area contributed by atoms with E-state index in [9.17, 15) is 9.59 Å². The van der Waals surface area contributed by atoms with Crippen LogP contribution in [0.15, 0.2) is 5.38 Å². The molecule has 88 valence electrons. The van der Waals surface area contributed by atoms with Crippen LogP contribution < -0.4 is 5.32 Å². The van der Waals surface area contributed by atoms with Gasteiger partial charge in [-0.3, -0.25) is 4.79 Å². The molecule has 0 aliphatic carbocycles. The van der Waals surface area contributed by atoms with E-state index in [0.29, 0.717) is 18.7 Å². The van der Waals surface area contributed by atoms with Gasteiger partial charge in [0, 0.05) is 18.3 Å². The maximum Gasteiger partial charge on any atom is 0.355 e. The normalized spacial score (nSPS) is 10.1. The summed E-state index contributed by atoms with van der Waals surface area (Å²) in [4.78, 5) is 25.6. The molecule has 1 rings (SSSR count). The first-order valence-corrected chi connectivity index (χ1v) is 6.84. The third-order valence-electron chi connectivity index (χ3n) is 1.71. The van der Waals surface area contributed by atoms with Crippen LogP contribution in [-0.2, 0) is 11.2 Å². The summed E-state index contributed by atoms with van der Waals surface area (Å²) >= 11 is 2.76. The van der Waals surface area contributed by atoms with Crippen molar-refractivity contribution in [3.8, 4) is 0 Å². The second-order valence-electron chi connectivity index (χ2n) is 2.96. The number of carbonyl (C=O) groups is 2. The predicted molar refractivity (Wildman–Crippen MR) is 64.2 cm³/mol. The summed E-state index contributed by atoms with van der Waals surface area (Å²) in [6, 6.07) is 0. The van der Waals surface area contributed by atoms with Crippen LogP contribution in [0.3, 0.4) is 0 Å². The first-order chi connectivity index (χ1) is 7.63. The number of hydrogen-bond acceptors (Lipinski definition) is 5. The molecule has 0 unspecified atom stereocenters. The third kappa shape index (κ3) is 4.19. The average Bonchev–Trinajstić information content (AvgIpc) is 2.67. The highest BCUT2D eigenvalue weighted by Crippen LogP contribution is 2.09. The topological polar surface area (TPSA) is 79.3 Å². The molecule has 0 spiro atoms. The minimum Gasteiger partial charge on any atom is -0.476 e. The van der Waals surface area contributed by atoms with Crippen LogP contribution in [0.1, 0.15) is 15.5 Å². The number of aromatic nitrogens is 1. The molecule has 0 saturated heterocycles. The molecule has 0 fully saturated rings. The molecule has 16 heavy (non-hydrogen) atoms. The lowest BCUT2D eigenvalue weighted by Gasteiger charge is -2.01. The van der Waals surface area contributed by atoms with E-state index in [1.807, 2.05) is 6.26 Å². The lowest BCUT2D eigenvalue weighted by Crippen LogP contribution is -2.27. The Morgan fingerprint density at radius 1 is 1.62 bits per heavy atom. The zero-order chi connectivity index (χ0) is 12.0. The number of rotatable bonds is 6. The number of carboxylic acids is 1. The Balaban J connectivity index is 2.32. The second kappa shape index (κ2) is 6.49. The van der Waals surface area contributed by atoms with Crippen molar-refractivity contribution in [1.82, 2.24) is 10.3 Å². The SMILES string of the molecule is CSCC(=O)NCCc1nc(C(=O)O)cs1. The van der Waals surface area contributed by atoms with Gasteiger partial charge in [-0.15, -0.1) is 11.3 Å². The quantitative estimate of drug-likeness (QED) is 0.793. The monoisotopic (exact) mass is 260 g/mol. The molecule has 1 heterocycles. The molecule has 1 aromatic rings. The van der Waals surface area contributed by atoms with Gasteiger partial charge in [0.15, 0.2) is 5.69 Å². The fraction of sp³-hybridized carbons (Fsp3) is 0.444. The first kappa shape index (κ1) is 13.0. The molecule has 2 N–H and O–H groups in total. The molecule has 5 nitrogen and oxygen atoms in total. The smallest absolute Gasteiger partial charge is 0.355 e. The summed E-state index contributed by atoms with van der Waals surface area (Å²) in [6.45, 7) is 0.492. The highest BCUT2D eigenvalue weighted by molar-refractivity contribution is 7.99. The molecule has 1 aromatic heterocycles. The zero-order valence-electron chi connectivity index (χ0n) is 8.73. The summed E-state index contributed by atoms with van der Waals surface area (Å²) in [6.07, 6.45) is 2.43. The molecule has 0 atom stereocenters. The van der Waals surface area contributed by atoms with E-state index in [4.69, 9.17) is 5.11 Å². The van der Waals surface area contributed by atoms with Crippen molar-refractivity contribution >= 4 is 35.0 Å². The zero-order valence-corrected chi connectivity index (χ0v) is 10.4. The van der Waals surface area contributed by atoms with Crippen molar-refractivity contribution in [2.45, 2.75) is 6.42 Å². The Morgan fingerprint density at radius 2 is 2.38 bits per heavy atom. The number of carboxylic acid groups (broad SMARTS) is 1. The Labute approximate surface area is 101 Å². The third-order valence-corrected chi connectivity index (χ3v) is 3.17. The Morgan fingerprint density at radius 3 is 2.94 bits per heavy atom. The van der Waals surface area contributed by atoms with E-state index in [2.05, 4.69) is 10.3 Å². The molecule has 0 aromatic carbocycles. The van der Waals surface area contributed by atoms with Gasteiger partial charge in [-0.2, -0.15) is 11.8 Å². The number of hydrogen-bond donors (Lipinski definition) is 2. The van der Waals surface area contributed by atoms with Gasteiger partial charge in [0.05, 0.1) is 10.8 Å². The van der Waals surface area contributed by atoms with Gasteiger partial charge < -0.3 is 10.4 Å². The van der Waals surface area contributed by atoms with Gasteiger partial charge in [0.25, 0.3) is 0 Å². The van der Waals surface area contributed by atoms with Crippen molar-refractivity contribution in [3.05, 3.63) is 16.1 Å². The highest BCUT2D eigenvalue weighted by Gasteiger charge is 2.08. The molecular weight excluding hydrogens is 248 g/mol. The number of amides is 1. The fourth-order valence-electron chi connectivity index (χ4n) is 1.01. The Hall–Kier alpha value is -1.08. The summed E-state index contributed by atoms with van der Waals surface area (Å²) in [5, 5.41) is 13.6. The Kier molecular flexibility index (Phi) is 5.27. The van der Waals surface area contributed by atoms with Crippen molar-refractivity contribution in [3.63, 3.8) is 0 Å². The van der Waals surface area contributed by atoms with Crippen LogP contribution in [0.5, 0.6) is 0 Å². The van der Waals surface area contributed by atoms with E-state index in [-0.39, 0.29) is 11.6 Å². The second-order valence-corrected chi connectivity index (χ2v) is 4.77. The van der Waals surface area contributed by atoms with E-state index < -0.39 is 5.97 Å². The van der Waals surface area contributed by atoms with Crippen LogP contribution in [0.2, 0.25) is 0 Å². The minimum absolute atomic E-state index is 0.0116. The summed E-state index contributed by atoms with van der Waals surface area (Å²) < 4.78 is 0. The van der Waals surface area contributed by atoms with Gasteiger partial charge in [-0.25, -0.2) is 9.78 Å². The van der Waals surface area contributed by atoms with Crippen LogP contribution in [0.25, 0.3) is 0 Å². The fourth-order valence-corrected chi connectivity index (χ4v) is 2.15. The molecular formula is C9H12N2O3S2. The lowest BCUT2D eigenvalue weighted by atomic mass is 10.4. The van der Waals surface area contributed by atoms with E-state index in [1.165, 1.54) is 28.5 Å². The van der Waals surface area contributed by atoms with E-state index in [0.717, 1.165) is 5.01 Å². The standard InChI is InChI=1S/C9H12N2O3S2/c1-15-5-7(12)10-3-2-8-11-6(4-16-8)9(13)14/h4H,2-3,5H2,1H3,(H,10,12)(H,13,14). The predicted octanol–water partition coefficient (Wildman–Crippen LogP) is 0.863. The van der Waals surface area contributed by atoms with Gasteiger partial charge in [-0.05, 0) is 6.26 Å². The van der Waals surface area contributed by atoms with Crippen LogP contribution >= 0.6 is 23.1 Å². The maximum absolute atomic E-state index is 11.1. The Bertz CT molecular complexity index is 379. The van der Waals surface area contributed by atoms with Crippen LogP contribution in [-0.4, -0.2) is 40.5 Å². The highest BCUT2D eigenvalue weighted by atomic mass is 32.2. The van der Waals surface area contributed by atoms with Crippen molar-refractivity contribution in [2.24, 2.45) is 0 Å². The molecule has 0 aliphatic heterocycles. The molecule has 0 saturated carbocycles. The molecule has 0 aliphatic rings. The van der Waals surface area contributed by atoms with Gasteiger partial charge >= 0.3 is 5.97 Å². The van der Waals surface area contributed by atoms with Crippen LogP contribution in [0.4, 0.5) is 0 Å². The van der Waals surface area contributed by atoms with E-state index in [1.54, 1.807) is 0 Å². The number of carbonyl (C=O) groups excluding carboxylic acids is 1. The largest absolute Gasteiger partial charge is 0.476 e. The number of thioether (sulfide) groups is 1. The summed E-state index contributed by atoms with van der Waals surface area (Å²) in [5.74, 6) is -0.588. The summed E-state index contributed by atoms with van der Waals surface area (Å²) in [5.41, 5.74) is 0.0652. The van der Waals surface area contributed by atoms with Gasteiger partial charge in [-0.1, -0.05) is 0 Å². The average molecular weight is 260 g/mol. The molecule has 0 bridgehead atoms. The van der Waals surface area contributed by atoms with Crippen molar-refractivity contribution < 1.29 is 14.7 Å². The van der Waals surface area contributed by atoms with E-state index >= 15 is 0 Å².